The molecule has 3 aromatic rings. The lowest BCUT2D eigenvalue weighted by molar-refractivity contribution is 0.815. The van der Waals surface area contributed by atoms with E-state index in [9.17, 15) is 0 Å². The highest BCUT2D eigenvalue weighted by atomic mass is 32.1. The summed E-state index contributed by atoms with van der Waals surface area (Å²) in [6.07, 6.45) is 7.11. The molecule has 2 heteroatoms. The number of thiophene rings is 1. The van der Waals surface area contributed by atoms with Crippen LogP contribution in [0.1, 0.15) is 40.3 Å². The van der Waals surface area contributed by atoms with Gasteiger partial charge in [0.25, 0.3) is 0 Å². The van der Waals surface area contributed by atoms with Gasteiger partial charge in [-0.3, -0.25) is 0 Å². The summed E-state index contributed by atoms with van der Waals surface area (Å²) in [5.74, 6) is 0.616. The van der Waals surface area contributed by atoms with E-state index in [0.29, 0.717) is 5.92 Å². The fraction of sp³-hybridized carbons (Fsp3) is 0.200. The number of hydrogen-bond donors (Lipinski definition) is 1. The zero-order valence-electron chi connectivity index (χ0n) is 16.0. The molecular weight excluding hydrogens is 346 g/mol. The Kier molecular flexibility index (Phi) is 5.00. The molecule has 0 bridgehead atoms. The Hall–Kier alpha value is -2.58. The largest absolute Gasteiger partial charge is 0.356 e. The molecule has 1 aliphatic rings. The van der Waals surface area contributed by atoms with Gasteiger partial charge in [-0.05, 0) is 72.5 Å². The van der Waals surface area contributed by atoms with Crippen LogP contribution in [0.25, 0.3) is 16.8 Å². The van der Waals surface area contributed by atoms with Gasteiger partial charge in [-0.15, -0.1) is 11.3 Å². The quantitative estimate of drug-likeness (QED) is 0.457. The van der Waals surface area contributed by atoms with E-state index in [1.165, 1.54) is 45.5 Å². The van der Waals surface area contributed by atoms with Gasteiger partial charge in [-0.2, -0.15) is 0 Å². The Morgan fingerprint density at radius 2 is 1.78 bits per heavy atom. The van der Waals surface area contributed by atoms with Crippen LogP contribution >= 0.6 is 11.3 Å². The predicted molar refractivity (Wildman–Crippen MR) is 119 cm³/mol. The molecule has 0 aliphatic heterocycles. The fourth-order valence-corrected chi connectivity index (χ4v) is 4.87. The molecule has 0 saturated heterocycles. The van der Waals surface area contributed by atoms with E-state index in [0.717, 1.165) is 11.4 Å². The number of rotatable bonds is 5. The van der Waals surface area contributed by atoms with E-state index in [1.54, 1.807) is 0 Å². The zero-order valence-corrected chi connectivity index (χ0v) is 16.8. The SMILES string of the molecule is C=C(Nc1ccc(-c2csc(C3C=CCC3)c2)cc1)c1c(C)cccc1C. The van der Waals surface area contributed by atoms with Gasteiger partial charge in [0.1, 0.15) is 0 Å². The normalized spacial score (nSPS) is 15.9. The number of hydrogen-bond acceptors (Lipinski definition) is 2. The zero-order chi connectivity index (χ0) is 18.8. The Bertz CT molecular complexity index is 971. The second kappa shape index (κ2) is 7.58. The van der Waals surface area contributed by atoms with E-state index in [4.69, 9.17) is 0 Å². The molecule has 4 rings (SSSR count). The van der Waals surface area contributed by atoms with Crippen molar-refractivity contribution in [1.82, 2.24) is 0 Å². The molecule has 0 amide bonds. The summed E-state index contributed by atoms with van der Waals surface area (Å²) in [7, 11) is 0. The maximum Gasteiger partial charge on any atom is 0.0390 e. The van der Waals surface area contributed by atoms with E-state index < -0.39 is 0 Å². The summed E-state index contributed by atoms with van der Waals surface area (Å²) >= 11 is 1.88. The van der Waals surface area contributed by atoms with Gasteiger partial charge in [-0.25, -0.2) is 0 Å². The van der Waals surface area contributed by atoms with Crippen molar-refractivity contribution >= 4 is 22.7 Å². The third-order valence-electron chi connectivity index (χ3n) is 5.29. The van der Waals surface area contributed by atoms with Gasteiger partial charge in [0.05, 0.1) is 0 Å². The molecule has 136 valence electrons. The van der Waals surface area contributed by atoms with Crippen molar-refractivity contribution in [3.05, 3.63) is 94.2 Å². The monoisotopic (exact) mass is 371 g/mol. The molecule has 0 saturated carbocycles. The second-order valence-electron chi connectivity index (χ2n) is 7.30. The van der Waals surface area contributed by atoms with E-state index in [1.807, 2.05) is 11.3 Å². The van der Waals surface area contributed by atoms with Crippen LogP contribution in [0.5, 0.6) is 0 Å². The first-order chi connectivity index (χ1) is 13.1. The van der Waals surface area contributed by atoms with Gasteiger partial charge in [-0.1, -0.05) is 49.1 Å². The van der Waals surface area contributed by atoms with Crippen LogP contribution in [0.2, 0.25) is 0 Å². The molecule has 1 nitrogen and oxygen atoms in total. The summed E-state index contributed by atoms with van der Waals surface area (Å²) in [6, 6.07) is 17.4. The highest BCUT2D eigenvalue weighted by Crippen LogP contribution is 2.36. The second-order valence-corrected chi connectivity index (χ2v) is 8.24. The Labute approximate surface area is 166 Å². The number of benzene rings is 2. The molecule has 0 radical (unpaired) electrons. The Balaban J connectivity index is 1.49. The molecule has 1 unspecified atom stereocenters. The lowest BCUT2D eigenvalue weighted by Gasteiger charge is -2.15. The minimum Gasteiger partial charge on any atom is -0.356 e. The Morgan fingerprint density at radius 3 is 2.44 bits per heavy atom. The van der Waals surface area contributed by atoms with Crippen molar-refractivity contribution in [3.8, 4) is 11.1 Å². The number of allylic oxidation sites excluding steroid dienone is 2. The van der Waals surface area contributed by atoms with E-state index in [-0.39, 0.29) is 0 Å². The molecule has 1 N–H and O–H groups in total. The lowest BCUT2D eigenvalue weighted by Crippen LogP contribution is -2.01. The summed E-state index contributed by atoms with van der Waals surface area (Å²) in [5.41, 5.74) is 8.29. The van der Waals surface area contributed by atoms with Crippen LogP contribution in [-0.4, -0.2) is 0 Å². The van der Waals surface area contributed by atoms with Crippen molar-refractivity contribution in [1.29, 1.82) is 0 Å². The molecular formula is C25H25NS. The predicted octanol–water partition coefficient (Wildman–Crippen LogP) is 7.55. The molecule has 1 aromatic heterocycles. The van der Waals surface area contributed by atoms with Gasteiger partial charge in [0, 0.05) is 27.7 Å². The van der Waals surface area contributed by atoms with Gasteiger partial charge in [0.15, 0.2) is 0 Å². The molecule has 1 atom stereocenters. The van der Waals surface area contributed by atoms with Gasteiger partial charge in [0.2, 0.25) is 0 Å². The van der Waals surface area contributed by atoms with Crippen LogP contribution < -0.4 is 5.32 Å². The van der Waals surface area contributed by atoms with Crippen LogP contribution in [0.3, 0.4) is 0 Å². The van der Waals surface area contributed by atoms with Gasteiger partial charge >= 0.3 is 0 Å². The standard InChI is InChI=1S/C25H25NS/c1-17-7-6-8-18(2)25(17)19(3)26-23-13-11-20(12-14-23)22-15-24(27-16-22)21-9-4-5-10-21/h4,6-9,11-16,21,26H,3,5,10H2,1-2H3. The average Bonchev–Trinajstić information content (AvgIpc) is 3.34. The summed E-state index contributed by atoms with van der Waals surface area (Å²) in [4.78, 5) is 1.48. The topological polar surface area (TPSA) is 12.0 Å². The summed E-state index contributed by atoms with van der Waals surface area (Å²) in [5, 5.41) is 5.74. The van der Waals surface area contributed by atoms with Crippen molar-refractivity contribution < 1.29 is 0 Å². The van der Waals surface area contributed by atoms with Crippen LogP contribution in [-0.2, 0) is 0 Å². The number of anilines is 1. The maximum atomic E-state index is 4.25. The highest BCUT2D eigenvalue weighted by molar-refractivity contribution is 7.10. The van der Waals surface area contributed by atoms with Crippen molar-refractivity contribution in [2.24, 2.45) is 0 Å². The minimum atomic E-state index is 0.616. The third-order valence-corrected chi connectivity index (χ3v) is 6.36. The first-order valence-electron chi connectivity index (χ1n) is 9.50. The fourth-order valence-electron chi connectivity index (χ4n) is 3.84. The van der Waals surface area contributed by atoms with Crippen molar-refractivity contribution in [2.45, 2.75) is 32.6 Å². The molecule has 27 heavy (non-hydrogen) atoms. The Morgan fingerprint density at radius 1 is 1.04 bits per heavy atom. The van der Waals surface area contributed by atoms with Crippen molar-refractivity contribution in [3.63, 3.8) is 0 Å². The van der Waals surface area contributed by atoms with Crippen molar-refractivity contribution in [2.75, 3.05) is 5.32 Å². The number of nitrogens with one attached hydrogen (secondary N) is 1. The van der Waals surface area contributed by atoms with Crippen LogP contribution in [0, 0.1) is 13.8 Å². The average molecular weight is 372 g/mol. The number of aryl methyl sites for hydroxylation is 2. The maximum absolute atomic E-state index is 4.25. The first-order valence-corrected chi connectivity index (χ1v) is 10.4. The lowest BCUT2D eigenvalue weighted by atomic mass is 10.0. The molecule has 0 fully saturated rings. The highest BCUT2D eigenvalue weighted by Gasteiger charge is 2.14. The molecule has 0 spiro atoms. The molecule has 1 aliphatic carbocycles. The van der Waals surface area contributed by atoms with E-state index in [2.05, 4.69) is 91.8 Å². The van der Waals surface area contributed by atoms with Crippen LogP contribution in [0.4, 0.5) is 5.69 Å². The third kappa shape index (κ3) is 3.77. The summed E-state index contributed by atoms with van der Waals surface area (Å²) < 4.78 is 0. The molecule has 2 aromatic carbocycles. The summed E-state index contributed by atoms with van der Waals surface area (Å²) in [6.45, 7) is 8.52. The van der Waals surface area contributed by atoms with Crippen LogP contribution in [0.15, 0.2) is 72.6 Å². The first kappa shape index (κ1) is 17.8. The van der Waals surface area contributed by atoms with E-state index >= 15 is 0 Å². The van der Waals surface area contributed by atoms with Gasteiger partial charge < -0.3 is 5.32 Å². The smallest absolute Gasteiger partial charge is 0.0390 e. The molecule has 1 heterocycles. The minimum absolute atomic E-state index is 0.616.